The summed E-state index contributed by atoms with van der Waals surface area (Å²) in [6, 6.07) is 0. The topological polar surface area (TPSA) is 49.3 Å². The molecule has 1 unspecified atom stereocenters. The maximum atomic E-state index is 11.3. The summed E-state index contributed by atoms with van der Waals surface area (Å²) in [6.07, 6.45) is 4.81. The minimum atomic E-state index is 0.152. The molecule has 3 nitrogen and oxygen atoms in total. The number of aliphatic hydroxyl groups excluding tert-OH is 1. The second-order valence-corrected chi connectivity index (χ2v) is 3.35. The van der Waals surface area contributed by atoms with Crippen molar-refractivity contribution in [1.29, 1.82) is 0 Å². The van der Waals surface area contributed by atoms with Crippen LogP contribution in [0.1, 0.15) is 32.1 Å². The van der Waals surface area contributed by atoms with E-state index in [0.717, 1.165) is 38.6 Å². The predicted molar refractivity (Wildman–Crippen MR) is 46.7 cm³/mol. The van der Waals surface area contributed by atoms with Gasteiger partial charge in [-0.1, -0.05) is 6.42 Å². The summed E-state index contributed by atoms with van der Waals surface area (Å²) in [5, 5.41) is 11.5. The van der Waals surface area contributed by atoms with Gasteiger partial charge in [0.2, 0.25) is 5.91 Å². The summed E-state index contributed by atoms with van der Waals surface area (Å²) in [5.41, 5.74) is 0. The Morgan fingerprint density at radius 1 is 1.50 bits per heavy atom. The molecule has 0 saturated carbocycles. The zero-order chi connectivity index (χ0) is 8.81. The van der Waals surface area contributed by atoms with Crippen LogP contribution < -0.4 is 5.32 Å². The molecule has 1 rings (SSSR count). The fraction of sp³-hybridized carbons (Fsp3) is 0.889. The van der Waals surface area contributed by atoms with E-state index in [1.807, 2.05) is 0 Å². The van der Waals surface area contributed by atoms with Crippen molar-refractivity contribution in [1.82, 2.24) is 5.32 Å². The number of carbonyl (C=O) groups is 1. The van der Waals surface area contributed by atoms with Gasteiger partial charge >= 0.3 is 0 Å². The van der Waals surface area contributed by atoms with Crippen molar-refractivity contribution in [3.63, 3.8) is 0 Å². The Kier molecular flexibility index (Phi) is 4.08. The van der Waals surface area contributed by atoms with E-state index in [9.17, 15) is 4.79 Å². The van der Waals surface area contributed by atoms with Gasteiger partial charge in [0.15, 0.2) is 0 Å². The van der Waals surface area contributed by atoms with E-state index in [1.165, 1.54) is 0 Å². The van der Waals surface area contributed by atoms with E-state index < -0.39 is 0 Å². The summed E-state index contributed by atoms with van der Waals surface area (Å²) in [4.78, 5) is 11.3. The second kappa shape index (κ2) is 5.14. The first-order valence-electron chi connectivity index (χ1n) is 4.73. The third kappa shape index (κ3) is 2.81. The van der Waals surface area contributed by atoms with E-state index in [-0.39, 0.29) is 18.4 Å². The minimum absolute atomic E-state index is 0.152. The number of nitrogens with one attached hydrogen (secondary N) is 1. The van der Waals surface area contributed by atoms with Crippen molar-refractivity contribution in [3.8, 4) is 0 Å². The van der Waals surface area contributed by atoms with Gasteiger partial charge in [-0.15, -0.1) is 0 Å². The van der Waals surface area contributed by atoms with Crippen molar-refractivity contribution in [2.45, 2.75) is 32.1 Å². The maximum Gasteiger partial charge on any atom is 0.223 e. The molecule has 0 bridgehead atoms. The number of carbonyl (C=O) groups excluding carboxylic acids is 1. The molecule has 0 aromatic heterocycles. The lowest BCUT2D eigenvalue weighted by Gasteiger charge is -2.11. The SMILES string of the molecule is O=C1NCCCCC1CCCO. The lowest BCUT2D eigenvalue weighted by atomic mass is 9.97. The molecule has 1 saturated heterocycles. The highest BCUT2D eigenvalue weighted by Crippen LogP contribution is 2.17. The molecule has 0 aromatic carbocycles. The lowest BCUT2D eigenvalue weighted by Crippen LogP contribution is -2.28. The van der Waals surface area contributed by atoms with Gasteiger partial charge in [-0.05, 0) is 25.7 Å². The van der Waals surface area contributed by atoms with Crippen molar-refractivity contribution in [3.05, 3.63) is 0 Å². The molecule has 1 aliphatic heterocycles. The fourth-order valence-electron chi connectivity index (χ4n) is 1.62. The van der Waals surface area contributed by atoms with Crippen molar-refractivity contribution < 1.29 is 9.90 Å². The molecule has 2 N–H and O–H groups in total. The lowest BCUT2D eigenvalue weighted by molar-refractivity contribution is -0.124. The zero-order valence-corrected chi connectivity index (χ0v) is 7.38. The van der Waals surface area contributed by atoms with Crippen molar-refractivity contribution >= 4 is 5.91 Å². The van der Waals surface area contributed by atoms with Crippen LogP contribution in [0.2, 0.25) is 0 Å². The van der Waals surface area contributed by atoms with E-state index in [0.29, 0.717) is 0 Å². The molecule has 1 aliphatic rings. The quantitative estimate of drug-likeness (QED) is 0.656. The van der Waals surface area contributed by atoms with Crippen LogP contribution in [0, 0.1) is 5.92 Å². The van der Waals surface area contributed by atoms with Crippen LogP contribution in [-0.2, 0) is 4.79 Å². The third-order valence-electron chi connectivity index (χ3n) is 2.36. The third-order valence-corrected chi connectivity index (χ3v) is 2.36. The fourth-order valence-corrected chi connectivity index (χ4v) is 1.62. The standard InChI is InChI=1S/C9H17NO2/c11-7-3-5-8-4-1-2-6-10-9(8)12/h8,11H,1-7H2,(H,10,12). The van der Waals surface area contributed by atoms with Crippen LogP contribution in [0.4, 0.5) is 0 Å². The van der Waals surface area contributed by atoms with Crippen LogP contribution in [-0.4, -0.2) is 24.2 Å². The van der Waals surface area contributed by atoms with Gasteiger partial charge in [0.05, 0.1) is 0 Å². The summed E-state index contributed by atoms with van der Waals surface area (Å²) in [5.74, 6) is 0.334. The van der Waals surface area contributed by atoms with Gasteiger partial charge in [0.25, 0.3) is 0 Å². The average Bonchev–Trinajstić information content (AvgIpc) is 2.27. The van der Waals surface area contributed by atoms with E-state index in [1.54, 1.807) is 0 Å². The first-order valence-corrected chi connectivity index (χ1v) is 4.73. The molecule has 3 heteroatoms. The average molecular weight is 171 g/mol. The molecule has 0 aliphatic carbocycles. The molecule has 1 amide bonds. The highest BCUT2D eigenvalue weighted by molar-refractivity contribution is 5.78. The van der Waals surface area contributed by atoms with Gasteiger partial charge in [-0.2, -0.15) is 0 Å². The zero-order valence-electron chi connectivity index (χ0n) is 7.38. The highest BCUT2D eigenvalue weighted by atomic mass is 16.3. The summed E-state index contributed by atoms with van der Waals surface area (Å²) in [7, 11) is 0. The van der Waals surface area contributed by atoms with Crippen LogP contribution >= 0.6 is 0 Å². The van der Waals surface area contributed by atoms with Crippen LogP contribution in [0.25, 0.3) is 0 Å². The van der Waals surface area contributed by atoms with Crippen molar-refractivity contribution in [2.24, 2.45) is 5.92 Å². The van der Waals surface area contributed by atoms with E-state index in [4.69, 9.17) is 5.11 Å². The molecule has 1 atom stereocenters. The van der Waals surface area contributed by atoms with Crippen LogP contribution in [0.5, 0.6) is 0 Å². The Hall–Kier alpha value is -0.570. The van der Waals surface area contributed by atoms with Gasteiger partial charge in [0.1, 0.15) is 0 Å². The summed E-state index contributed by atoms with van der Waals surface area (Å²) >= 11 is 0. The number of aliphatic hydroxyl groups is 1. The Bertz CT molecular complexity index is 147. The molecule has 1 fully saturated rings. The number of rotatable bonds is 3. The molecule has 70 valence electrons. The van der Waals surface area contributed by atoms with E-state index in [2.05, 4.69) is 5.32 Å². The summed E-state index contributed by atoms with van der Waals surface area (Å²) in [6.45, 7) is 1.03. The molecule has 1 heterocycles. The molecule has 0 aromatic rings. The minimum Gasteiger partial charge on any atom is -0.396 e. The first kappa shape index (κ1) is 9.52. The predicted octanol–water partition coefficient (Wildman–Crippen LogP) is 0.675. The van der Waals surface area contributed by atoms with Crippen LogP contribution in [0.3, 0.4) is 0 Å². The molecular weight excluding hydrogens is 154 g/mol. The molecule has 12 heavy (non-hydrogen) atoms. The Balaban J connectivity index is 2.31. The van der Waals surface area contributed by atoms with Gasteiger partial charge in [-0.3, -0.25) is 4.79 Å². The van der Waals surface area contributed by atoms with Crippen molar-refractivity contribution in [2.75, 3.05) is 13.2 Å². The summed E-state index contributed by atoms with van der Waals surface area (Å²) < 4.78 is 0. The largest absolute Gasteiger partial charge is 0.396 e. The van der Waals surface area contributed by atoms with Gasteiger partial charge in [0, 0.05) is 19.1 Å². The van der Waals surface area contributed by atoms with Gasteiger partial charge < -0.3 is 10.4 Å². The maximum absolute atomic E-state index is 11.3. The number of hydrogen-bond donors (Lipinski definition) is 2. The monoisotopic (exact) mass is 171 g/mol. The molecule has 0 spiro atoms. The normalized spacial score (nSPS) is 24.8. The number of amides is 1. The Morgan fingerprint density at radius 3 is 3.08 bits per heavy atom. The van der Waals surface area contributed by atoms with E-state index >= 15 is 0 Å². The Morgan fingerprint density at radius 2 is 2.33 bits per heavy atom. The smallest absolute Gasteiger partial charge is 0.223 e. The number of hydrogen-bond acceptors (Lipinski definition) is 2. The Labute approximate surface area is 73.2 Å². The highest BCUT2D eigenvalue weighted by Gasteiger charge is 2.19. The molecule has 0 radical (unpaired) electrons. The molecular formula is C9H17NO2. The second-order valence-electron chi connectivity index (χ2n) is 3.35. The van der Waals surface area contributed by atoms with Gasteiger partial charge in [-0.25, -0.2) is 0 Å². The first-order chi connectivity index (χ1) is 5.84. The van der Waals surface area contributed by atoms with Crippen LogP contribution in [0.15, 0.2) is 0 Å².